The molecule has 4 fully saturated rings. The summed E-state index contributed by atoms with van der Waals surface area (Å²) < 4.78 is 0. The second-order valence-corrected chi connectivity index (χ2v) is 7.38. The molecular weight excluding hydrogens is 220 g/mol. The minimum Gasteiger partial charge on any atom is -0.300 e. The zero-order valence-electron chi connectivity index (χ0n) is 11.7. The molecular formula is C16H28N2. The normalized spacial score (nSPS) is 45.3. The Labute approximate surface area is 112 Å². The lowest BCUT2D eigenvalue weighted by atomic mass is 9.88. The molecule has 0 N–H and O–H groups in total. The van der Waals surface area contributed by atoms with Crippen LogP contribution in [0, 0.1) is 17.8 Å². The summed E-state index contributed by atoms with van der Waals surface area (Å²) in [6, 6.07) is 0.908. The first-order valence-corrected chi connectivity index (χ1v) is 8.35. The lowest BCUT2D eigenvalue weighted by molar-refractivity contribution is 0.0369. The third-order valence-electron chi connectivity index (χ3n) is 6.30. The van der Waals surface area contributed by atoms with Crippen LogP contribution in [-0.2, 0) is 0 Å². The molecule has 4 rings (SSSR count). The molecule has 2 heteroatoms. The summed E-state index contributed by atoms with van der Waals surface area (Å²) in [5.74, 6) is 3.30. The first-order chi connectivity index (χ1) is 8.88. The van der Waals surface area contributed by atoms with Crippen LogP contribution in [0.25, 0.3) is 0 Å². The summed E-state index contributed by atoms with van der Waals surface area (Å²) in [6.07, 6.45) is 10.6. The van der Waals surface area contributed by atoms with Gasteiger partial charge in [-0.1, -0.05) is 12.8 Å². The molecule has 0 spiro atoms. The van der Waals surface area contributed by atoms with Crippen LogP contribution in [-0.4, -0.2) is 48.6 Å². The molecule has 2 heterocycles. The quantitative estimate of drug-likeness (QED) is 0.741. The Bertz CT molecular complexity index is 303. The number of hydrogen-bond donors (Lipinski definition) is 0. The first-order valence-electron chi connectivity index (χ1n) is 8.35. The van der Waals surface area contributed by atoms with Gasteiger partial charge in [-0.25, -0.2) is 0 Å². The molecule has 4 aliphatic rings. The van der Waals surface area contributed by atoms with Gasteiger partial charge in [0.1, 0.15) is 0 Å². The molecule has 0 amide bonds. The number of nitrogens with zero attached hydrogens (tertiary/aromatic N) is 2. The molecule has 2 aliphatic carbocycles. The maximum absolute atomic E-state index is 2.82. The third-order valence-corrected chi connectivity index (χ3v) is 6.30. The standard InChI is InChI=1S/C16H28N2/c1-2-6-18-8-7-17(12-16(18)3-1)11-15-10-13-4-5-14(15)9-13/h13-16H,1-12H2. The molecule has 2 nitrogen and oxygen atoms in total. The Morgan fingerprint density at radius 3 is 2.72 bits per heavy atom. The molecule has 4 atom stereocenters. The zero-order chi connectivity index (χ0) is 11.9. The van der Waals surface area contributed by atoms with E-state index in [0.29, 0.717) is 0 Å². The van der Waals surface area contributed by atoms with E-state index in [2.05, 4.69) is 9.80 Å². The summed E-state index contributed by atoms with van der Waals surface area (Å²) in [7, 11) is 0. The molecule has 102 valence electrons. The van der Waals surface area contributed by atoms with Crippen molar-refractivity contribution in [1.82, 2.24) is 9.80 Å². The van der Waals surface area contributed by atoms with Crippen molar-refractivity contribution >= 4 is 0 Å². The van der Waals surface area contributed by atoms with Crippen LogP contribution in [0.2, 0.25) is 0 Å². The Kier molecular flexibility index (Phi) is 3.12. The predicted octanol–water partition coefficient (Wildman–Crippen LogP) is 2.59. The average molecular weight is 248 g/mol. The van der Waals surface area contributed by atoms with E-state index in [1.165, 1.54) is 52.0 Å². The average Bonchev–Trinajstić information content (AvgIpc) is 3.01. The SMILES string of the molecule is C1CCN2CCN(CC3CC4CCC3C4)CC2C1. The number of piperidine rings is 1. The number of rotatable bonds is 2. The highest BCUT2D eigenvalue weighted by Crippen LogP contribution is 2.48. The summed E-state index contributed by atoms with van der Waals surface area (Å²) in [4.78, 5) is 5.58. The first kappa shape index (κ1) is 11.7. The van der Waals surface area contributed by atoms with Crippen molar-refractivity contribution in [3.8, 4) is 0 Å². The number of fused-ring (bicyclic) bond motifs is 3. The van der Waals surface area contributed by atoms with Gasteiger partial charge in [0.2, 0.25) is 0 Å². The van der Waals surface area contributed by atoms with Crippen LogP contribution < -0.4 is 0 Å². The molecule has 0 aromatic carbocycles. The van der Waals surface area contributed by atoms with Crippen molar-refractivity contribution < 1.29 is 0 Å². The van der Waals surface area contributed by atoms with E-state index in [-0.39, 0.29) is 0 Å². The summed E-state index contributed by atoms with van der Waals surface area (Å²) in [6.45, 7) is 6.90. The van der Waals surface area contributed by atoms with Gasteiger partial charge < -0.3 is 4.90 Å². The highest BCUT2D eigenvalue weighted by Gasteiger charge is 2.40. The molecule has 0 aromatic heterocycles. The minimum absolute atomic E-state index is 0.908. The fraction of sp³-hybridized carbons (Fsp3) is 1.00. The topological polar surface area (TPSA) is 6.48 Å². The lowest BCUT2D eigenvalue weighted by Crippen LogP contribution is -2.55. The maximum Gasteiger partial charge on any atom is 0.0223 e. The minimum atomic E-state index is 0.908. The number of piperazine rings is 1. The van der Waals surface area contributed by atoms with Gasteiger partial charge in [0.25, 0.3) is 0 Å². The summed E-state index contributed by atoms with van der Waals surface area (Å²) in [5.41, 5.74) is 0. The van der Waals surface area contributed by atoms with Gasteiger partial charge in [-0.15, -0.1) is 0 Å². The van der Waals surface area contributed by atoms with Crippen LogP contribution in [0.1, 0.15) is 44.9 Å². The monoisotopic (exact) mass is 248 g/mol. The predicted molar refractivity (Wildman–Crippen MR) is 74.6 cm³/mol. The molecule has 2 saturated carbocycles. The Hall–Kier alpha value is -0.0800. The number of hydrogen-bond acceptors (Lipinski definition) is 2. The molecule has 0 aromatic rings. The van der Waals surface area contributed by atoms with Gasteiger partial charge in [0.15, 0.2) is 0 Å². The van der Waals surface area contributed by atoms with E-state index in [9.17, 15) is 0 Å². The Morgan fingerprint density at radius 2 is 1.89 bits per heavy atom. The van der Waals surface area contributed by atoms with Gasteiger partial charge in [0.05, 0.1) is 0 Å². The van der Waals surface area contributed by atoms with Crippen LogP contribution >= 0.6 is 0 Å². The van der Waals surface area contributed by atoms with Gasteiger partial charge >= 0.3 is 0 Å². The molecule has 18 heavy (non-hydrogen) atoms. The van der Waals surface area contributed by atoms with E-state index in [1.807, 2.05) is 0 Å². The van der Waals surface area contributed by atoms with Crippen molar-refractivity contribution in [3.63, 3.8) is 0 Å². The van der Waals surface area contributed by atoms with Crippen molar-refractivity contribution in [3.05, 3.63) is 0 Å². The van der Waals surface area contributed by atoms with Crippen LogP contribution in [0.3, 0.4) is 0 Å². The highest BCUT2D eigenvalue weighted by molar-refractivity contribution is 4.93. The molecule has 0 radical (unpaired) electrons. The van der Waals surface area contributed by atoms with E-state index >= 15 is 0 Å². The van der Waals surface area contributed by atoms with Gasteiger partial charge in [-0.3, -0.25) is 4.90 Å². The van der Waals surface area contributed by atoms with Crippen LogP contribution in [0.15, 0.2) is 0 Å². The Balaban J connectivity index is 1.33. The lowest BCUT2D eigenvalue weighted by Gasteiger charge is -2.45. The summed E-state index contributed by atoms with van der Waals surface area (Å²) in [5, 5.41) is 0. The fourth-order valence-electron chi connectivity index (χ4n) is 5.32. The van der Waals surface area contributed by atoms with Gasteiger partial charge in [0, 0.05) is 32.2 Å². The van der Waals surface area contributed by atoms with Crippen LogP contribution in [0.4, 0.5) is 0 Å². The largest absolute Gasteiger partial charge is 0.300 e. The summed E-state index contributed by atoms with van der Waals surface area (Å²) >= 11 is 0. The molecule has 2 aliphatic heterocycles. The molecule has 2 bridgehead atoms. The zero-order valence-corrected chi connectivity index (χ0v) is 11.7. The van der Waals surface area contributed by atoms with E-state index in [1.54, 1.807) is 25.7 Å². The Morgan fingerprint density at radius 1 is 0.889 bits per heavy atom. The van der Waals surface area contributed by atoms with Crippen molar-refractivity contribution in [2.45, 2.75) is 51.0 Å². The van der Waals surface area contributed by atoms with Crippen molar-refractivity contribution in [2.24, 2.45) is 17.8 Å². The van der Waals surface area contributed by atoms with E-state index in [4.69, 9.17) is 0 Å². The van der Waals surface area contributed by atoms with Crippen molar-refractivity contribution in [2.75, 3.05) is 32.7 Å². The van der Waals surface area contributed by atoms with Gasteiger partial charge in [-0.05, 0) is 56.4 Å². The smallest absolute Gasteiger partial charge is 0.0223 e. The maximum atomic E-state index is 2.82. The van der Waals surface area contributed by atoms with Crippen LogP contribution in [0.5, 0.6) is 0 Å². The molecule has 4 unspecified atom stereocenters. The van der Waals surface area contributed by atoms with Crippen molar-refractivity contribution in [1.29, 1.82) is 0 Å². The fourth-order valence-corrected chi connectivity index (χ4v) is 5.32. The van der Waals surface area contributed by atoms with Gasteiger partial charge in [-0.2, -0.15) is 0 Å². The second-order valence-electron chi connectivity index (χ2n) is 7.38. The third kappa shape index (κ3) is 2.12. The van der Waals surface area contributed by atoms with E-state index in [0.717, 1.165) is 23.8 Å². The second kappa shape index (κ2) is 4.79. The molecule has 2 saturated heterocycles. The highest BCUT2D eigenvalue weighted by atomic mass is 15.3. The van der Waals surface area contributed by atoms with E-state index < -0.39 is 0 Å².